The summed E-state index contributed by atoms with van der Waals surface area (Å²) in [5, 5.41) is 2.76. The molecule has 2 atom stereocenters. The number of nitrogen functional groups attached to an aromatic ring is 1. The van der Waals surface area contributed by atoms with Crippen molar-refractivity contribution in [2.75, 3.05) is 37.7 Å². The number of halogens is 1. The highest BCUT2D eigenvalue weighted by Gasteiger charge is 2.27. The zero-order valence-corrected chi connectivity index (χ0v) is 12.8. The first kappa shape index (κ1) is 15.7. The van der Waals surface area contributed by atoms with Crippen LogP contribution in [0.15, 0.2) is 18.2 Å². The number of carbonyl (C=O) groups excluding carboxylic acids is 1. The van der Waals surface area contributed by atoms with Crippen LogP contribution in [0.5, 0.6) is 0 Å². The van der Waals surface area contributed by atoms with Gasteiger partial charge in [-0.3, -0.25) is 14.6 Å². The number of anilines is 2. The topological polar surface area (TPSA) is 61.6 Å². The summed E-state index contributed by atoms with van der Waals surface area (Å²) >= 11 is 0. The Balaban J connectivity index is 1.91. The molecule has 1 saturated heterocycles. The van der Waals surface area contributed by atoms with Gasteiger partial charge in [-0.25, -0.2) is 4.39 Å². The lowest BCUT2D eigenvalue weighted by Gasteiger charge is -2.42. The minimum absolute atomic E-state index is 0.0367. The molecule has 1 amide bonds. The Morgan fingerprint density at radius 2 is 2.00 bits per heavy atom. The maximum Gasteiger partial charge on any atom is 0.238 e. The predicted molar refractivity (Wildman–Crippen MR) is 82.6 cm³/mol. The lowest BCUT2D eigenvalue weighted by atomic mass is 10.1. The lowest BCUT2D eigenvalue weighted by Crippen LogP contribution is -2.56. The van der Waals surface area contributed by atoms with Crippen molar-refractivity contribution >= 4 is 17.3 Å². The van der Waals surface area contributed by atoms with Gasteiger partial charge >= 0.3 is 0 Å². The molecule has 0 radical (unpaired) electrons. The summed E-state index contributed by atoms with van der Waals surface area (Å²) in [4.78, 5) is 16.5. The van der Waals surface area contributed by atoms with Crippen LogP contribution in [-0.2, 0) is 4.79 Å². The van der Waals surface area contributed by atoms with Crippen molar-refractivity contribution < 1.29 is 9.18 Å². The van der Waals surface area contributed by atoms with E-state index in [1.807, 2.05) is 0 Å². The predicted octanol–water partition coefficient (Wildman–Crippen LogP) is 1.37. The highest BCUT2D eigenvalue weighted by molar-refractivity contribution is 5.92. The maximum atomic E-state index is 13.1. The van der Waals surface area contributed by atoms with Gasteiger partial charge in [-0.2, -0.15) is 0 Å². The van der Waals surface area contributed by atoms with E-state index < -0.39 is 5.82 Å². The van der Waals surface area contributed by atoms with Gasteiger partial charge in [0.1, 0.15) is 5.82 Å². The second kappa shape index (κ2) is 6.41. The highest BCUT2D eigenvalue weighted by Crippen LogP contribution is 2.17. The third-order valence-corrected chi connectivity index (χ3v) is 4.08. The monoisotopic (exact) mass is 294 g/mol. The van der Waals surface area contributed by atoms with Crippen LogP contribution in [0, 0.1) is 5.82 Å². The van der Waals surface area contributed by atoms with Crippen molar-refractivity contribution in [3.05, 3.63) is 24.0 Å². The van der Waals surface area contributed by atoms with Crippen LogP contribution in [0.3, 0.4) is 0 Å². The van der Waals surface area contributed by atoms with Gasteiger partial charge in [0.2, 0.25) is 5.91 Å². The summed E-state index contributed by atoms with van der Waals surface area (Å²) in [7, 11) is 2.11. The molecule has 1 aromatic rings. The van der Waals surface area contributed by atoms with Gasteiger partial charge < -0.3 is 11.1 Å². The molecule has 0 bridgehead atoms. The number of likely N-dealkylation sites (N-methyl/N-ethyl adjacent to an activating group) is 1. The highest BCUT2D eigenvalue weighted by atomic mass is 19.1. The van der Waals surface area contributed by atoms with E-state index in [-0.39, 0.29) is 11.6 Å². The van der Waals surface area contributed by atoms with Crippen LogP contribution in [0.25, 0.3) is 0 Å². The van der Waals surface area contributed by atoms with Crippen molar-refractivity contribution in [1.29, 1.82) is 0 Å². The average molecular weight is 294 g/mol. The summed E-state index contributed by atoms with van der Waals surface area (Å²) in [5.74, 6) is -0.584. The Bertz CT molecular complexity index is 510. The Morgan fingerprint density at radius 3 is 2.57 bits per heavy atom. The van der Waals surface area contributed by atoms with Crippen LogP contribution < -0.4 is 11.1 Å². The van der Waals surface area contributed by atoms with Crippen LogP contribution in [0.2, 0.25) is 0 Å². The van der Waals surface area contributed by atoms with Crippen molar-refractivity contribution in [3.8, 4) is 0 Å². The number of carbonyl (C=O) groups is 1. The number of nitrogens with zero attached hydrogens (tertiary/aromatic N) is 2. The summed E-state index contributed by atoms with van der Waals surface area (Å²) in [6.07, 6.45) is 0. The van der Waals surface area contributed by atoms with Gasteiger partial charge in [-0.15, -0.1) is 0 Å². The van der Waals surface area contributed by atoms with E-state index in [0.717, 1.165) is 13.1 Å². The molecule has 6 heteroatoms. The standard InChI is InChI=1S/C15H23FN4O/c1-10-7-20(8-11(2)19(10)3)9-15(21)18-12-4-5-13(16)14(17)6-12/h4-6,10-11H,7-9,17H2,1-3H3,(H,18,21). The average Bonchev–Trinajstić information content (AvgIpc) is 2.40. The molecular weight excluding hydrogens is 271 g/mol. The van der Waals surface area contributed by atoms with Crippen molar-refractivity contribution in [3.63, 3.8) is 0 Å². The van der Waals surface area contributed by atoms with Crippen molar-refractivity contribution in [1.82, 2.24) is 9.80 Å². The fourth-order valence-corrected chi connectivity index (χ4v) is 2.67. The van der Waals surface area contributed by atoms with E-state index in [4.69, 9.17) is 5.73 Å². The SMILES string of the molecule is CC1CN(CC(=O)Nc2ccc(F)c(N)c2)CC(C)N1C. The number of piperazine rings is 1. The molecule has 0 aromatic heterocycles. The Hall–Kier alpha value is -1.66. The van der Waals surface area contributed by atoms with Gasteiger partial charge in [0, 0.05) is 30.9 Å². The number of hydrogen-bond donors (Lipinski definition) is 2. The molecule has 0 spiro atoms. The molecule has 1 aromatic carbocycles. The van der Waals surface area contributed by atoms with E-state index in [1.54, 1.807) is 0 Å². The maximum absolute atomic E-state index is 13.1. The molecule has 1 aliphatic heterocycles. The van der Waals surface area contributed by atoms with Crippen LogP contribution >= 0.6 is 0 Å². The minimum Gasteiger partial charge on any atom is -0.396 e. The molecular formula is C15H23FN4O. The van der Waals surface area contributed by atoms with Gasteiger partial charge in [-0.05, 0) is 39.1 Å². The van der Waals surface area contributed by atoms with E-state index in [2.05, 4.69) is 36.0 Å². The number of rotatable bonds is 3. The van der Waals surface area contributed by atoms with Gasteiger partial charge in [0.15, 0.2) is 0 Å². The molecule has 0 saturated carbocycles. The normalized spacial score (nSPS) is 24.0. The van der Waals surface area contributed by atoms with Crippen LogP contribution in [0.4, 0.5) is 15.8 Å². The second-order valence-corrected chi connectivity index (χ2v) is 5.84. The molecule has 1 fully saturated rings. The number of amides is 1. The Labute approximate surface area is 124 Å². The summed E-state index contributed by atoms with van der Waals surface area (Å²) in [6, 6.07) is 5.04. The van der Waals surface area contributed by atoms with Gasteiger partial charge in [-0.1, -0.05) is 0 Å². The first-order valence-electron chi connectivity index (χ1n) is 7.16. The van der Waals surface area contributed by atoms with Crippen molar-refractivity contribution in [2.24, 2.45) is 0 Å². The number of nitrogens with one attached hydrogen (secondary N) is 1. The third kappa shape index (κ3) is 3.92. The lowest BCUT2D eigenvalue weighted by molar-refractivity contribution is -0.118. The van der Waals surface area contributed by atoms with E-state index in [1.165, 1.54) is 18.2 Å². The first-order valence-corrected chi connectivity index (χ1v) is 7.16. The summed E-state index contributed by atoms with van der Waals surface area (Å²) in [5.41, 5.74) is 6.05. The molecule has 21 heavy (non-hydrogen) atoms. The molecule has 116 valence electrons. The van der Waals surface area contributed by atoms with Crippen LogP contribution in [0.1, 0.15) is 13.8 Å². The quantitative estimate of drug-likeness (QED) is 0.827. The minimum atomic E-state index is -0.477. The van der Waals surface area contributed by atoms with Crippen LogP contribution in [-0.4, -0.2) is 54.5 Å². The smallest absolute Gasteiger partial charge is 0.238 e. The zero-order valence-electron chi connectivity index (χ0n) is 12.8. The summed E-state index contributed by atoms with van der Waals surface area (Å²) < 4.78 is 13.1. The molecule has 3 N–H and O–H groups in total. The molecule has 1 aliphatic rings. The zero-order chi connectivity index (χ0) is 15.6. The van der Waals surface area contributed by atoms with Gasteiger partial charge in [0.05, 0.1) is 12.2 Å². The molecule has 2 unspecified atom stereocenters. The Kier molecular flexibility index (Phi) is 4.80. The third-order valence-electron chi connectivity index (χ3n) is 4.08. The number of benzene rings is 1. The first-order chi connectivity index (χ1) is 9.86. The van der Waals surface area contributed by atoms with Gasteiger partial charge in [0.25, 0.3) is 0 Å². The molecule has 0 aliphatic carbocycles. The van der Waals surface area contributed by atoms with E-state index in [9.17, 15) is 9.18 Å². The Morgan fingerprint density at radius 1 is 1.38 bits per heavy atom. The number of nitrogens with two attached hydrogens (primary N) is 1. The number of hydrogen-bond acceptors (Lipinski definition) is 4. The van der Waals surface area contributed by atoms with E-state index in [0.29, 0.717) is 24.3 Å². The van der Waals surface area contributed by atoms with Crippen molar-refractivity contribution in [2.45, 2.75) is 25.9 Å². The molecule has 2 rings (SSSR count). The summed E-state index contributed by atoms with van der Waals surface area (Å²) in [6.45, 7) is 6.36. The fourth-order valence-electron chi connectivity index (χ4n) is 2.67. The fraction of sp³-hybridized carbons (Fsp3) is 0.533. The largest absolute Gasteiger partial charge is 0.396 e. The van der Waals surface area contributed by atoms with E-state index >= 15 is 0 Å². The molecule has 5 nitrogen and oxygen atoms in total. The molecule has 1 heterocycles. The second-order valence-electron chi connectivity index (χ2n) is 5.84.